The molecule has 1 amide bonds. The molecule has 0 bridgehead atoms. The Balaban J connectivity index is 1.69. The first-order valence-corrected chi connectivity index (χ1v) is 9.25. The number of carbonyl (C=O) groups excluding carboxylic acids is 1. The molecule has 2 aromatic carbocycles. The molecule has 2 aromatic rings. The van der Waals surface area contributed by atoms with E-state index in [1.807, 2.05) is 47.8 Å². The molecule has 0 aromatic heterocycles. The number of anilines is 1. The van der Waals surface area contributed by atoms with Gasteiger partial charge in [0.1, 0.15) is 0 Å². The van der Waals surface area contributed by atoms with Gasteiger partial charge in [-0.15, -0.1) is 23.5 Å². The third kappa shape index (κ3) is 3.82. The second-order valence-corrected chi connectivity index (χ2v) is 7.72. The summed E-state index contributed by atoms with van der Waals surface area (Å²) < 4.78 is 19.0. The predicted octanol–water partition coefficient (Wildman–Crippen LogP) is 4.57. The summed E-state index contributed by atoms with van der Waals surface area (Å²) in [5, 5.41) is 2.69. The number of nitrogens with one attached hydrogen (secondary N) is 1. The Labute approximate surface area is 143 Å². The van der Waals surface area contributed by atoms with E-state index in [0.29, 0.717) is 15.8 Å². The Kier molecular flexibility index (Phi) is 5.13. The van der Waals surface area contributed by atoms with E-state index < -0.39 is 5.82 Å². The molecule has 0 aliphatic carbocycles. The van der Waals surface area contributed by atoms with Crippen LogP contribution in [0.5, 0.6) is 5.75 Å². The zero-order valence-electron chi connectivity index (χ0n) is 12.5. The van der Waals surface area contributed by atoms with E-state index in [9.17, 15) is 9.18 Å². The third-order valence-corrected chi connectivity index (χ3v) is 6.58. The highest BCUT2D eigenvalue weighted by molar-refractivity contribution is 8.19. The number of ether oxygens (including phenoxy) is 1. The molecule has 1 N–H and O–H groups in total. The number of hydrogen-bond donors (Lipinski definition) is 1. The maximum Gasteiger partial charge on any atom is 0.255 e. The minimum absolute atomic E-state index is 0.152. The average molecular weight is 349 g/mol. The molecule has 0 spiro atoms. The van der Waals surface area contributed by atoms with Gasteiger partial charge in [0.15, 0.2) is 11.6 Å². The maximum atomic E-state index is 13.6. The van der Waals surface area contributed by atoms with Crippen LogP contribution in [0.25, 0.3) is 0 Å². The van der Waals surface area contributed by atoms with Gasteiger partial charge in [0.2, 0.25) is 0 Å². The highest BCUT2D eigenvalue weighted by atomic mass is 32.2. The molecular formula is C17H16FNO2S2. The molecule has 0 atom stereocenters. The molecule has 0 saturated carbocycles. The van der Waals surface area contributed by atoms with Gasteiger partial charge < -0.3 is 10.1 Å². The first kappa shape index (κ1) is 16.2. The number of amides is 1. The molecule has 6 heteroatoms. The molecular weight excluding hydrogens is 333 g/mol. The minimum atomic E-state index is -0.504. The van der Waals surface area contributed by atoms with Crippen LogP contribution >= 0.6 is 23.5 Å². The van der Waals surface area contributed by atoms with Gasteiger partial charge in [-0.3, -0.25) is 4.79 Å². The number of benzene rings is 2. The Morgan fingerprint density at radius 1 is 1.17 bits per heavy atom. The highest BCUT2D eigenvalue weighted by Gasteiger charge is 2.18. The van der Waals surface area contributed by atoms with Crippen molar-refractivity contribution in [2.24, 2.45) is 0 Å². The van der Waals surface area contributed by atoms with Crippen molar-refractivity contribution in [2.75, 3.05) is 23.9 Å². The first-order valence-electron chi connectivity index (χ1n) is 7.15. The molecule has 1 saturated heterocycles. The summed E-state index contributed by atoms with van der Waals surface area (Å²) in [6.07, 6.45) is 0. The molecule has 1 aliphatic rings. The van der Waals surface area contributed by atoms with Gasteiger partial charge in [-0.1, -0.05) is 12.1 Å². The van der Waals surface area contributed by atoms with Crippen LogP contribution in [-0.4, -0.2) is 24.5 Å². The van der Waals surface area contributed by atoms with E-state index >= 15 is 0 Å². The summed E-state index contributed by atoms with van der Waals surface area (Å²) in [7, 11) is 1.40. The third-order valence-electron chi connectivity index (χ3n) is 3.48. The van der Waals surface area contributed by atoms with E-state index in [1.165, 1.54) is 36.3 Å². The van der Waals surface area contributed by atoms with Crippen molar-refractivity contribution < 1.29 is 13.9 Å². The zero-order valence-corrected chi connectivity index (χ0v) is 14.2. The van der Waals surface area contributed by atoms with Crippen LogP contribution < -0.4 is 10.1 Å². The lowest BCUT2D eigenvalue weighted by Gasteiger charge is -2.10. The van der Waals surface area contributed by atoms with Gasteiger partial charge in [-0.2, -0.15) is 0 Å². The van der Waals surface area contributed by atoms with Crippen LogP contribution in [0.15, 0.2) is 42.5 Å². The van der Waals surface area contributed by atoms with Gasteiger partial charge in [0.25, 0.3) is 5.91 Å². The molecule has 120 valence electrons. The fourth-order valence-electron chi connectivity index (χ4n) is 2.29. The first-order chi connectivity index (χ1) is 11.2. The Morgan fingerprint density at radius 2 is 1.87 bits per heavy atom. The molecule has 23 heavy (non-hydrogen) atoms. The number of halogens is 1. The number of carbonyl (C=O) groups is 1. The number of methoxy groups -OCH3 is 1. The minimum Gasteiger partial charge on any atom is -0.494 e. The predicted molar refractivity (Wildman–Crippen MR) is 95.0 cm³/mol. The van der Waals surface area contributed by atoms with Crippen molar-refractivity contribution in [3.05, 3.63) is 59.4 Å². The van der Waals surface area contributed by atoms with Crippen molar-refractivity contribution in [3.8, 4) is 5.75 Å². The van der Waals surface area contributed by atoms with Crippen LogP contribution in [0, 0.1) is 5.82 Å². The van der Waals surface area contributed by atoms with Crippen LogP contribution in [0.4, 0.5) is 10.1 Å². The molecule has 0 unspecified atom stereocenters. The van der Waals surface area contributed by atoms with Crippen molar-refractivity contribution in [1.29, 1.82) is 0 Å². The van der Waals surface area contributed by atoms with Gasteiger partial charge in [-0.05, 0) is 29.8 Å². The Bertz CT molecular complexity index is 700. The van der Waals surface area contributed by atoms with Crippen molar-refractivity contribution in [2.45, 2.75) is 4.58 Å². The van der Waals surface area contributed by atoms with Crippen LogP contribution in [0.1, 0.15) is 20.5 Å². The average Bonchev–Trinajstić information content (AvgIpc) is 3.09. The lowest BCUT2D eigenvalue weighted by Crippen LogP contribution is -2.12. The van der Waals surface area contributed by atoms with Gasteiger partial charge in [0.05, 0.1) is 11.7 Å². The smallest absolute Gasteiger partial charge is 0.255 e. The summed E-state index contributed by atoms with van der Waals surface area (Å²) in [5.41, 5.74) is 2.18. The number of rotatable bonds is 4. The van der Waals surface area contributed by atoms with Crippen LogP contribution in [-0.2, 0) is 0 Å². The normalized spacial score (nSPS) is 14.7. The quantitative estimate of drug-likeness (QED) is 0.878. The second-order valence-electron chi connectivity index (χ2n) is 5.00. The topological polar surface area (TPSA) is 38.3 Å². The monoisotopic (exact) mass is 349 g/mol. The summed E-state index contributed by atoms with van der Waals surface area (Å²) in [6, 6.07) is 11.9. The van der Waals surface area contributed by atoms with E-state index in [0.717, 1.165) is 0 Å². The van der Waals surface area contributed by atoms with E-state index in [-0.39, 0.29) is 11.7 Å². The van der Waals surface area contributed by atoms with Gasteiger partial charge >= 0.3 is 0 Å². The molecule has 1 aliphatic heterocycles. The SMILES string of the molecule is COc1ccc(NC(=O)c2ccc(C3SCCS3)cc2)cc1F. The maximum absolute atomic E-state index is 13.6. The molecule has 1 fully saturated rings. The lowest BCUT2D eigenvalue weighted by atomic mass is 10.1. The van der Waals surface area contributed by atoms with E-state index in [1.54, 1.807) is 6.07 Å². The number of thioether (sulfide) groups is 2. The molecule has 1 heterocycles. The summed E-state index contributed by atoms with van der Waals surface area (Å²) in [6.45, 7) is 0. The summed E-state index contributed by atoms with van der Waals surface area (Å²) in [4.78, 5) is 12.2. The van der Waals surface area contributed by atoms with Crippen molar-refractivity contribution in [3.63, 3.8) is 0 Å². The number of hydrogen-bond acceptors (Lipinski definition) is 4. The van der Waals surface area contributed by atoms with Crippen LogP contribution in [0.3, 0.4) is 0 Å². The highest BCUT2D eigenvalue weighted by Crippen LogP contribution is 2.45. The lowest BCUT2D eigenvalue weighted by molar-refractivity contribution is 0.102. The second kappa shape index (κ2) is 7.27. The van der Waals surface area contributed by atoms with Crippen molar-refractivity contribution >= 4 is 35.1 Å². The largest absolute Gasteiger partial charge is 0.494 e. The van der Waals surface area contributed by atoms with E-state index in [4.69, 9.17) is 4.74 Å². The zero-order chi connectivity index (χ0) is 16.2. The molecule has 3 rings (SSSR count). The van der Waals surface area contributed by atoms with Gasteiger partial charge in [0, 0.05) is 28.8 Å². The van der Waals surface area contributed by atoms with E-state index in [2.05, 4.69) is 5.32 Å². The summed E-state index contributed by atoms with van der Waals surface area (Å²) >= 11 is 3.85. The van der Waals surface area contributed by atoms with Crippen LogP contribution in [0.2, 0.25) is 0 Å². The fourth-order valence-corrected chi connectivity index (χ4v) is 5.15. The molecule has 3 nitrogen and oxygen atoms in total. The Morgan fingerprint density at radius 3 is 2.48 bits per heavy atom. The Hall–Kier alpha value is -1.66. The van der Waals surface area contributed by atoms with Crippen molar-refractivity contribution in [1.82, 2.24) is 0 Å². The molecule has 0 radical (unpaired) electrons. The standard InChI is InChI=1S/C17H16FNO2S2/c1-21-15-7-6-13(10-14(15)18)19-16(20)11-2-4-12(5-3-11)17-22-8-9-23-17/h2-7,10,17H,8-9H2,1H3,(H,19,20). The van der Waals surface area contributed by atoms with Gasteiger partial charge in [-0.25, -0.2) is 4.39 Å². The fraction of sp³-hybridized carbons (Fsp3) is 0.235. The summed E-state index contributed by atoms with van der Waals surface area (Å²) in [5.74, 6) is 1.73.